The summed E-state index contributed by atoms with van der Waals surface area (Å²) in [4.78, 5) is 27.2. The van der Waals surface area contributed by atoms with Crippen LogP contribution < -0.4 is 25.4 Å². The minimum atomic E-state index is -3.72. The number of furan rings is 1. The summed E-state index contributed by atoms with van der Waals surface area (Å²) >= 11 is 0. The summed E-state index contributed by atoms with van der Waals surface area (Å²) in [5.74, 6) is 0.673. The summed E-state index contributed by atoms with van der Waals surface area (Å²) in [5.41, 5.74) is 2.08. The molecular weight excluding hydrogens is 632 g/mol. The summed E-state index contributed by atoms with van der Waals surface area (Å²) in [6.07, 6.45) is -0.681. The number of aliphatic hydroxyl groups is 1. The van der Waals surface area contributed by atoms with Gasteiger partial charge in [0.15, 0.2) is 0 Å². The van der Waals surface area contributed by atoms with Gasteiger partial charge in [-0.15, -0.1) is 0 Å². The third-order valence-electron chi connectivity index (χ3n) is 7.97. The van der Waals surface area contributed by atoms with Crippen LogP contribution in [0.2, 0.25) is 0 Å². The SMILES string of the molecule is CCS(=O)(=O)Nc1cc(C(=O)NC(C)c2ccc(C)o2)cc(C(=O)N[C@@H](Cc2ccccc2)[C@H](O)CN[C@H](C)c2ccc(OC)cc2)c1. The third kappa shape index (κ3) is 10.2. The van der Waals surface area contributed by atoms with Crippen LogP contribution in [0.5, 0.6) is 5.75 Å². The lowest BCUT2D eigenvalue weighted by atomic mass is 9.99. The van der Waals surface area contributed by atoms with Crippen molar-refractivity contribution in [2.45, 2.75) is 58.3 Å². The molecule has 0 spiro atoms. The van der Waals surface area contributed by atoms with E-state index in [4.69, 9.17) is 9.15 Å². The van der Waals surface area contributed by atoms with Gasteiger partial charge in [0.25, 0.3) is 11.8 Å². The summed E-state index contributed by atoms with van der Waals surface area (Å²) < 4.78 is 38.2. The molecule has 48 heavy (non-hydrogen) atoms. The van der Waals surface area contributed by atoms with E-state index >= 15 is 0 Å². The molecule has 0 aliphatic heterocycles. The molecule has 12 heteroatoms. The Morgan fingerprint density at radius 3 is 2.10 bits per heavy atom. The van der Waals surface area contributed by atoms with Crippen LogP contribution in [0.1, 0.15) is 76.2 Å². The number of hydrogen-bond acceptors (Lipinski definition) is 8. The topological polar surface area (TPSA) is 159 Å². The second kappa shape index (κ2) is 16.4. The van der Waals surface area contributed by atoms with Crippen molar-refractivity contribution >= 4 is 27.5 Å². The van der Waals surface area contributed by atoms with Gasteiger partial charge in [0.1, 0.15) is 17.3 Å². The molecule has 1 heterocycles. The Labute approximate surface area is 282 Å². The molecule has 2 amide bonds. The van der Waals surface area contributed by atoms with Crippen molar-refractivity contribution in [2.75, 3.05) is 24.1 Å². The number of sulfonamides is 1. The molecule has 11 nitrogen and oxygen atoms in total. The van der Waals surface area contributed by atoms with E-state index in [1.54, 1.807) is 33.1 Å². The number of anilines is 1. The Morgan fingerprint density at radius 2 is 1.52 bits per heavy atom. The van der Waals surface area contributed by atoms with E-state index in [2.05, 4.69) is 20.7 Å². The number of aryl methyl sites for hydroxylation is 1. The summed E-state index contributed by atoms with van der Waals surface area (Å²) in [6, 6.07) is 23.4. The van der Waals surface area contributed by atoms with Crippen LogP contribution in [-0.2, 0) is 16.4 Å². The van der Waals surface area contributed by atoms with E-state index in [1.807, 2.05) is 61.5 Å². The Morgan fingerprint density at radius 1 is 0.875 bits per heavy atom. The Balaban J connectivity index is 1.57. The number of benzene rings is 3. The van der Waals surface area contributed by atoms with Crippen molar-refractivity contribution in [3.8, 4) is 5.75 Å². The number of hydrogen-bond donors (Lipinski definition) is 5. The highest BCUT2D eigenvalue weighted by atomic mass is 32.2. The third-order valence-corrected chi connectivity index (χ3v) is 9.28. The van der Waals surface area contributed by atoms with Crippen LogP contribution in [0.15, 0.2) is 89.3 Å². The average Bonchev–Trinajstić information content (AvgIpc) is 3.53. The normalized spacial score (nSPS) is 14.0. The van der Waals surface area contributed by atoms with Gasteiger partial charge in [-0.05, 0) is 87.7 Å². The molecule has 0 saturated carbocycles. The quantitative estimate of drug-likeness (QED) is 0.112. The number of amides is 2. The number of carbonyl (C=O) groups is 2. The maximum Gasteiger partial charge on any atom is 0.251 e. The van der Waals surface area contributed by atoms with Crippen molar-refractivity contribution in [3.05, 3.63) is 119 Å². The molecule has 1 unspecified atom stereocenters. The average molecular weight is 677 g/mol. The number of aliphatic hydroxyl groups excluding tert-OH is 1. The lowest BCUT2D eigenvalue weighted by molar-refractivity contribution is 0.0825. The second-order valence-electron chi connectivity index (χ2n) is 11.7. The van der Waals surface area contributed by atoms with Crippen molar-refractivity contribution in [2.24, 2.45) is 0 Å². The first-order valence-electron chi connectivity index (χ1n) is 15.8. The summed E-state index contributed by atoms with van der Waals surface area (Å²) in [7, 11) is -2.12. The zero-order valence-corrected chi connectivity index (χ0v) is 28.6. The van der Waals surface area contributed by atoms with Gasteiger partial charge in [0.2, 0.25) is 10.0 Å². The largest absolute Gasteiger partial charge is 0.497 e. The monoisotopic (exact) mass is 676 g/mol. The van der Waals surface area contributed by atoms with E-state index in [1.165, 1.54) is 25.1 Å². The minimum absolute atomic E-state index is 0.0442. The summed E-state index contributed by atoms with van der Waals surface area (Å²) in [5, 5.41) is 20.5. The van der Waals surface area contributed by atoms with E-state index in [-0.39, 0.29) is 35.2 Å². The van der Waals surface area contributed by atoms with Crippen molar-refractivity contribution in [1.29, 1.82) is 0 Å². The number of nitrogens with one attached hydrogen (secondary N) is 4. The van der Waals surface area contributed by atoms with E-state index in [0.29, 0.717) is 17.9 Å². The highest BCUT2D eigenvalue weighted by Gasteiger charge is 2.25. The Bertz CT molecular complexity index is 1780. The minimum Gasteiger partial charge on any atom is -0.497 e. The maximum atomic E-state index is 13.8. The van der Waals surface area contributed by atoms with Crippen molar-refractivity contribution < 1.29 is 32.3 Å². The molecule has 1 aromatic heterocycles. The fraction of sp³-hybridized carbons (Fsp3) is 0.333. The van der Waals surface area contributed by atoms with Crippen LogP contribution in [-0.4, -0.2) is 56.9 Å². The van der Waals surface area contributed by atoms with Gasteiger partial charge < -0.3 is 30.2 Å². The standard InChI is InChI=1S/C36H44N4O7S/c1-6-48(44,45)40-30-20-28(35(42)38-25(4)34-17-12-23(2)47-34)19-29(21-30)36(43)39-32(18-26-10-8-7-9-11-26)33(41)22-37-24(3)27-13-15-31(46-5)16-14-27/h7-17,19-21,24-25,32-33,37,40-41H,6,18,22H2,1-5H3,(H,38,42)(H,39,43)/t24-,25?,32+,33-/m1/s1. The highest BCUT2D eigenvalue weighted by molar-refractivity contribution is 7.92. The Hall–Kier alpha value is -4.65. The van der Waals surface area contributed by atoms with E-state index < -0.39 is 40.0 Å². The van der Waals surface area contributed by atoms with Crippen LogP contribution in [0.25, 0.3) is 0 Å². The molecule has 256 valence electrons. The molecule has 0 radical (unpaired) electrons. The molecule has 0 bridgehead atoms. The first-order chi connectivity index (χ1) is 22.9. The fourth-order valence-electron chi connectivity index (χ4n) is 5.09. The first-order valence-corrected chi connectivity index (χ1v) is 17.5. The van der Waals surface area contributed by atoms with Gasteiger partial charge >= 0.3 is 0 Å². The van der Waals surface area contributed by atoms with Crippen LogP contribution >= 0.6 is 0 Å². The predicted molar refractivity (Wildman–Crippen MR) is 186 cm³/mol. The lowest BCUT2D eigenvalue weighted by Crippen LogP contribution is -2.49. The molecule has 5 N–H and O–H groups in total. The van der Waals surface area contributed by atoms with E-state index in [0.717, 1.165) is 16.9 Å². The Kier molecular flexibility index (Phi) is 12.4. The van der Waals surface area contributed by atoms with Gasteiger partial charge in [-0.1, -0.05) is 42.5 Å². The predicted octanol–water partition coefficient (Wildman–Crippen LogP) is 4.90. The van der Waals surface area contributed by atoms with Crippen LogP contribution in [0.4, 0.5) is 5.69 Å². The second-order valence-corrected chi connectivity index (χ2v) is 13.7. The number of ether oxygens (including phenoxy) is 1. The molecule has 4 aromatic rings. The number of methoxy groups -OCH3 is 1. The molecular formula is C36H44N4O7S. The molecule has 0 saturated heterocycles. The number of carbonyl (C=O) groups excluding carboxylic acids is 2. The molecule has 3 aromatic carbocycles. The van der Waals surface area contributed by atoms with Gasteiger partial charge in [-0.2, -0.15) is 0 Å². The molecule has 4 rings (SSSR count). The molecule has 0 aliphatic carbocycles. The van der Waals surface area contributed by atoms with E-state index in [9.17, 15) is 23.1 Å². The molecule has 0 fully saturated rings. The smallest absolute Gasteiger partial charge is 0.251 e. The molecule has 0 aliphatic rings. The van der Waals surface area contributed by atoms with Crippen LogP contribution in [0.3, 0.4) is 0 Å². The van der Waals surface area contributed by atoms with Gasteiger partial charge in [-0.3, -0.25) is 14.3 Å². The maximum absolute atomic E-state index is 13.8. The number of rotatable bonds is 16. The van der Waals surface area contributed by atoms with Crippen LogP contribution in [0, 0.1) is 6.92 Å². The van der Waals surface area contributed by atoms with Gasteiger partial charge in [0, 0.05) is 23.7 Å². The van der Waals surface area contributed by atoms with Gasteiger partial charge in [0.05, 0.1) is 36.7 Å². The van der Waals surface area contributed by atoms with Crippen molar-refractivity contribution in [3.63, 3.8) is 0 Å². The highest BCUT2D eigenvalue weighted by Crippen LogP contribution is 2.21. The van der Waals surface area contributed by atoms with Crippen molar-refractivity contribution in [1.82, 2.24) is 16.0 Å². The lowest BCUT2D eigenvalue weighted by Gasteiger charge is -2.26. The summed E-state index contributed by atoms with van der Waals surface area (Å²) in [6.45, 7) is 7.18. The molecule has 4 atom stereocenters. The zero-order valence-electron chi connectivity index (χ0n) is 27.8. The zero-order chi connectivity index (χ0) is 34.8. The fourth-order valence-corrected chi connectivity index (χ4v) is 5.71. The first kappa shape index (κ1) is 36.2. The van der Waals surface area contributed by atoms with Gasteiger partial charge in [-0.25, -0.2) is 8.42 Å².